The average Bonchev–Trinajstić information content (AvgIpc) is 1.87. The van der Waals surface area contributed by atoms with Gasteiger partial charge in [0.1, 0.15) is 9.76 Å². The van der Waals surface area contributed by atoms with E-state index in [0.717, 1.165) is 0 Å². The molecule has 1 heterocycles. The summed E-state index contributed by atoms with van der Waals surface area (Å²) in [4.78, 5) is 0. The molecule has 1 aliphatic rings. The number of aliphatic hydroxyl groups excluding tert-OH is 1. The van der Waals surface area contributed by atoms with Crippen molar-refractivity contribution in [1.29, 1.82) is 0 Å². The zero-order valence-corrected chi connectivity index (χ0v) is 5.18. The first-order valence-electron chi connectivity index (χ1n) is 1.91. The first kappa shape index (κ1) is 5.34. The van der Waals surface area contributed by atoms with Crippen LogP contribution in [0.5, 0.6) is 0 Å². The Morgan fingerprint density at radius 1 is 2.00 bits per heavy atom. The largest absolute Gasteiger partial charge is 0.380 e. The average molecular weight is 135 g/mol. The molecule has 1 unspecified atom stereocenters. The van der Waals surface area contributed by atoms with Crippen molar-refractivity contribution >= 4 is 28.3 Å². The number of thioether (sulfide) groups is 1. The van der Waals surface area contributed by atoms with Crippen LogP contribution in [0.15, 0.2) is 0 Å². The molecular formula is C3H5NOS2. The number of hydrogen-bond acceptors (Lipinski definition) is 3. The lowest BCUT2D eigenvalue weighted by Gasteiger charge is -1.88. The maximum absolute atomic E-state index is 8.71. The summed E-state index contributed by atoms with van der Waals surface area (Å²) in [5, 5.41) is 11.5. The van der Waals surface area contributed by atoms with Crippen molar-refractivity contribution in [3.8, 4) is 0 Å². The van der Waals surface area contributed by atoms with Gasteiger partial charge in [-0.1, -0.05) is 24.0 Å². The van der Waals surface area contributed by atoms with E-state index in [1.54, 1.807) is 0 Å². The number of nitrogens with one attached hydrogen (secondary N) is 1. The molecule has 1 atom stereocenters. The first-order chi connectivity index (χ1) is 3.29. The van der Waals surface area contributed by atoms with Crippen molar-refractivity contribution in [2.45, 2.75) is 5.44 Å². The van der Waals surface area contributed by atoms with E-state index in [1.807, 2.05) is 0 Å². The highest BCUT2D eigenvalue weighted by Gasteiger charge is 2.14. The summed E-state index contributed by atoms with van der Waals surface area (Å²) < 4.78 is 0.701. The molecule has 1 fully saturated rings. The fraction of sp³-hybridized carbons (Fsp3) is 0.667. The summed E-state index contributed by atoms with van der Waals surface area (Å²) in [5.41, 5.74) is -0.313. The van der Waals surface area contributed by atoms with Gasteiger partial charge in [0.25, 0.3) is 0 Å². The van der Waals surface area contributed by atoms with Gasteiger partial charge in [-0.3, -0.25) is 0 Å². The summed E-state index contributed by atoms with van der Waals surface area (Å²) in [6.07, 6.45) is 0. The standard InChI is InChI=1S/C3H5NOS2/c5-2-1-4-3(6)7-2/h2,5H,1H2,(H,4,6). The van der Waals surface area contributed by atoms with Crippen LogP contribution in [0, 0.1) is 0 Å². The minimum absolute atomic E-state index is 0.313. The highest BCUT2D eigenvalue weighted by molar-refractivity contribution is 8.23. The molecule has 4 heteroatoms. The number of β-amino-alcohol motifs (C(OH)–C–C–N with tert-alkyl or cyclic N) is 1. The Hall–Kier alpha value is 0.200. The molecule has 0 radical (unpaired) electrons. The maximum atomic E-state index is 8.71. The first-order valence-corrected chi connectivity index (χ1v) is 3.20. The third-order valence-corrected chi connectivity index (χ3v) is 1.89. The van der Waals surface area contributed by atoms with Gasteiger partial charge in [0.05, 0.1) is 6.54 Å². The fourth-order valence-corrected chi connectivity index (χ4v) is 1.37. The highest BCUT2D eigenvalue weighted by Crippen LogP contribution is 2.13. The molecule has 1 saturated heterocycles. The van der Waals surface area contributed by atoms with Crippen LogP contribution < -0.4 is 5.32 Å². The molecule has 0 spiro atoms. The second-order valence-corrected chi connectivity index (χ2v) is 3.10. The van der Waals surface area contributed by atoms with Gasteiger partial charge in [-0.2, -0.15) is 0 Å². The predicted octanol–water partition coefficient (Wildman–Crippen LogP) is -0.0739. The third kappa shape index (κ3) is 1.29. The molecule has 1 aliphatic heterocycles. The molecule has 0 aromatic rings. The van der Waals surface area contributed by atoms with Crippen LogP contribution >= 0.6 is 24.0 Å². The lowest BCUT2D eigenvalue weighted by Crippen LogP contribution is -2.13. The number of thiocarbonyl (C=S) groups is 1. The van der Waals surface area contributed by atoms with Crippen molar-refractivity contribution in [3.05, 3.63) is 0 Å². The van der Waals surface area contributed by atoms with E-state index in [9.17, 15) is 0 Å². The summed E-state index contributed by atoms with van der Waals surface area (Å²) in [5.74, 6) is 0. The van der Waals surface area contributed by atoms with Crippen molar-refractivity contribution < 1.29 is 5.11 Å². The van der Waals surface area contributed by atoms with Gasteiger partial charge in [0, 0.05) is 0 Å². The summed E-state index contributed by atoms with van der Waals surface area (Å²) >= 11 is 5.98. The van der Waals surface area contributed by atoms with Crippen LogP contribution in [0.25, 0.3) is 0 Å². The monoisotopic (exact) mass is 135 g/mol. The second-order valence-electron chi connectivity index (χ2n) is 1.24. The Labute approximate surface area is 51.3 Å². The number of aliphatic hydroxyl groups is 1. The molecule has 0 saturated carbocycles. The lowest BCUT2D eigenvalue weighted by molar-refractivity contribution is 0.271. The predicted molar refractivity (Wildman–Crippen MR) is 34.2 cm³/mol. The molecule has 40 valence electrons. The van der Waals surface area contributed by atoms with Gasteiger partial charge >= 0.3 is 0 Å². The molecular weight excluding hydrogens is 130 g/mol. The molecule has 0 bridgehead atoms. The topological polar surface area (TPSA) is 32.3 Å². The molecule has 1 rings (SSSR count). The molecule has 2 nitrogen and oxygen atoms in total. The summed E-state index contributed by atoms with van der Waals surface area (Å²) in [7, 11) is 0. The van der Waals surface area contributed by atoms with Crippen LogP contribution in [0.1, 0.15) is 0 Å². The van der Waals surface area contributed by atoms with E-state index in [-0.39, 0.29) is 5.44 Å². The minimum atomic E-state index is -0.313. The van der Waals surface area contributed by atoms with Crippen LogP contribution in [0.4, 0.5) is 0 Å². The van der Waals surface area contributed by atoms with E-state index in [2.05, 4.69) is 17.5 Å². The molecule has 0 amide bonds. The van der Waals surface area contributed by atoms with Gasteiger partial charge in [0.2, 0.25) is 0 Å². The van der Waals surface area contributed by atoms with Gasteiger partial charge in [-0.05, 0) is 0 Å². The smallest absolute Gasteiger partial charge is 0.136 e. The number of rotatable bonds is 0. The zero-order chi connectivity index (χ0) is 5.28. The highest BCUT2D eigenvalue weighted by atomic mass is 32.2. The Balaban J connectivity index is 2.40. The number of hydrogen-bond donors (Lipinski definition) is 2. The molecule has 0 aromatic heterocycles. The van der Waals surface area contributed by atoms with Crippen LogP contribution in [0.2, 0.25) is 0 Å². The van der Waals surface area contributed by atoms with Crippen molar-refractivity contribution in [3.63, 3.8) is 0 Å². The van der Waals surface area contributed by atoms with Crippen LogP contribution in [-0.4, -0.2) is 21.4 Å². The Bertz CT molecular complexity index is 94.9. The maximum Gasteiger partial charge on any atom is 0.136 e. The van der Waals surface area contributed by atoms with Gasteiger partial charge in [-0.15, -0.1) is 0 Å². The van der Waals surface area contributed by atoms with Crippen LogP contribution in [-0.2, 0) is 0 Å². The molecule has 0 aromatic carbocycles. The quantitative estimate of drug-likeness (QED) is 0.455. The summed E-state index contributed by atoms with van der Waals surface area (Å²) in [6, 6.07) is 0. The minimum Gasteiger partial charge on any atom is -0.380 e. The van der Waals surface area contributed by atoms with Gasteiger partial charge in [-0.25, -0.2) is 0 Å². The van der Waals surface area contributed by atoms with E-state index in [4.69, 9.17) is 5.11 Å². The Kier molecular flexibility index (Phi) is 1.51. The van der Waals surface area contributed by atoms with E-state index >= 15 is 0 Å². The Morgan fingerprint density at radius 2 is 2.71 bits per heavy atom. The Morgan fingerprint density at radius 3 is 2.86 bits per heavy atom. The summed E-state index contributed by atoms with van der Waals surface area (Å²) in [6.45, 7) is 0.601. The van der Waals surface area contributed by atoms with Crippen molar-refractivity contribution in [1.82, 2.24) is 5.32 Å². The van der Waals surface area contributed by atoms with Crippen LogP contribution in [0.3, 0.4) is 0 Å². The van der Waals surface area contributed by atoms with E-state index in [0.29, 0.717) is 10.9 Å². The normalized spacial score (nSPS) is 30.4. The fourth-order valence-electron chi connectivity index (χ4n) is 0.378. The third-order valence-electron chi connectivity index (χ3n) is 0.664. The molecule has 0 aliphatic carbocycles. The molecule has 2 N–H and O–H groups in total. The molecule has 7 heavy (non-hydrogen) atoms. The van der Waals surface area contributed by atoms with Gasteiger partial charge in [0.15, 0.2) is 0 Å². The van der Waals surface area contributed by atoms with Crippen molar-refractivity contribution in [2.75, 3.05) is 6.54 Å². The SMILES string of the molecule is OC1CNC(=S)S1. The van der Waals surface area contributed by atoms with E-state index in [1.165, 1.54) is 11.8 Å². The second kappa shape index (κ2) is 1.98. The van der Waals surface area contributed by atoms with E-state index < -0.39 is 0 Å². The van der Waals surface area contributed by atoms with Gasteiger partial charge < -0.3 is 10.4 Å². The lowest BCUT2D eigenvalue weighted by atomic mass is 10.7. The van der Waals surface area contributed by atoms with Crippen molar-refractivity contribution in [2.24, 2.45) is 0 Å². The zero-order valence-electron chi connectivity index (χ0n) is 3.55.